The minimum Gasteiger partial charge on any atom is -0.481 e. The first-order valence-electron chi connectivity index (χ1n) is 5.61. The van der Waals surface area contributed by atoms with Gasteiger partial charge in [0.05, 0.1) is 18.5 Å². The van der Waals surface area contributed by atoms with Crippen molar-refractivity contribution in [3.63, 3.8) is 0 Å². The minimum absolute atomic E-state index is 0.0277. The highest BCUT2D eigenvalue weighted by molar-refractivity contribution is 5.77. The van der Waals surface area contributed by atoms with Gasteiger partial charge in [0.25, 0.3) is 5.91 Å². The first-order valence-corrected chi connectivity index (χ1v) is 5.61. The number of aromatic nitrogens is 2. The molecule has 1 amide bonds. The van der Waals surface area contributed by atoms with Crippen molar-refractivity contribution in [3.8, 4) is 5.75 Å². The van der Waals surface area contributed by atoms with Gasteiger partial charge in [-0.15, -0.1) is 0 Å². The maximum Gasteiger partial charge on any atom is 0.258 e. The number of hydrogen-bond donors (Lipinski definition) is 1. The molecule has 0 aromatic carbocycles. The van der Waals surface area contributed by atoms with E-state index in [0.717, 1.165) is 19.4 Å². The lowest BCUT2D eigenvalue weighted by Crippen LogP contribution is -2.35. The van der Waals surface area contributed by atoms with E-state index in [4.69, 9.17) is 9.47 Å². The maximum absolute atomic E-state index is 11.4. The van der Waals surface area contributed by atoms with Crippen LogP contribution in [0.2, 0.25) is 0 Å². The third-order valence-electron chi connectivity index (χ3n) is 2.46. The summed E-state index contributed by atoms with van der Waals surface area (Å²) in [7, 11) is 0. The highest BCUT2D eigenvalue weighted by atomic mass is 16.5. The van der Waals surface area contributed by atoms with Crippen LogP contribution in [0.1, 0.15) is 12.8 Å². The van der Waals surface area contributed by atoms with Crippen molar-refractivity contribution >= 4 is 5.91 Å². The number of nitrogens with zero attached hydrogens (tertiary/aromatic N) is 2. The molecule has 6 nitrogen and oxygen atoms in total. The molecule has 2 heterocycles. The van der Waals surface area contributed by atoms with E-state index in [-0.39, 0.29) is 18.6 Å². The Hall–Kier alpha value is -1.69. The second-order valence-corrected chi connectivity index (χ2v) is 3.80. The first kappa shape index (κ1) is 11.8. The molecular weight excluding hydrogens is 222 g/mol. The third-order valence-corrected chi connectivity index (χ3v) is 2.46. The lowest BCUT2D eigenvalue weighted by molar-refractivity contribution is -0.123. The highest BCUT2D eigenvalue weighted by Gasteiger charge is 2.16. The second kappa shape index (κ2) is 6.15. The Morgan fingerprint density at radius 2 is 2.35 bits per heavy atom. The lowest BCUT2D eigenvalue weighted by atomic mass is 10.2. The number of ether oxygens (including phenoxy) is 2. The molecule has 1 aromatic heterocycles. The summed E-state index contributed by atoms with van der Waals surface area (Å²) in [6.45, 7) is 1.31. The molecular formula is C11H15N3O3. The van der Waals surface area contributed by atoms with Crippen molar-refractivity contribution in [2.24, 2.45) is 0 Å². The molecule has 1 atom stereocenters. The molecule has 0 radical (unpaired) electrons. The van der Waals surface area contributed by atoms with Crippen molar-refractivity contribution in [1.82, 2.24) is 15.3 Å². The number of nitrogens with one attached hydrogen (secondary N) is 1. The zero-order valence-corrected chi connectivity index (χ0v) is 9.46. The van der Waals surface area contributed by atoms with E-state index in [1.165, 1.54) is 18.7 Å². The largest absolute Gasteiger partial charge is 0.481 e. The SMILES string of the molecule is O=C(COc1cncnc1)NCC1CCCO1. The van der Waals surface area contributed by atoms with Crippen LogP contribution in [-0.2, 0) is 9.53 Å². The summed E-state index contributed by atoms with van der Waals surface area (Å²) < 4.78 is 10.6. The van der Waals surface area contributed by atoms with Gasteiger partial charge < -0.3 is 14.8 Å². The number of carbonyl (C=O) groups is 1. The molecule has 2 rings (SSSR count). The molecule has 0 spiro atoms. The zero-order valence-electron chi connectivity index (χ0n) is 9.46. The number of rotatable bonds is 5. The number of carbonyl (C=O) groups excluding carboxylic acids is 1. The fourth-order valence-corrected chi connectivity index (χ4v) is 1.59. The minimum atomic E-state index is -0.163. The molecule has 0 bridgehead atoms. The Morgan fingerprint density at radius 1 is 1.53 bits per heavy atom. The van der Waals surface area contributed by atoms with Gasteiger partial charge in [0.15, 0.2) is 12.4 Å². The molecule has 1 fully saturated rings. The van der Waals surface area contributed by atoms with Crippen LogP contribution < -0.4 is 10.1 Å². The molecule has 0 saturated carbocycles. The average molecular weight is 237 g/mol. The van der Waals surface area contributed by atoms with Gasteiger partial charge >= 0.3 is 0 Å². The fourth-order valence-electron chi connectivity index (χ4n) is 1.59. The van der Waals surface area contributed by atoms with E-state index in [9.17, 15) is 4.79 Å². The van der Waals surface area contributed by atoms with Crippen LogP contribution in [0.4, 0.5) is 0 Å². The van der Waals surface area contributed by atoms with Crippen molar-refractivity contribution < 1.29 is 14.3 Å². The molecule has 6 heteroatoms. The number of hydrogen-bond acceptors (Lipinski definition) is 5. The van der Waals surface area contributed by atoms with Gasteiger partial charge in [0.1, 0.15) is 6.33 Å². The summed E-state index contributed by atoms with van der Waals surface area (Å²) in [5.41, 5.74) is 0. The first-order chi connectivity index (χ1) is 8.34. The van der Waals surface area contributed by atoms with Gasteiger partial charge in [0, 0.05) is 13.2 Å². The van der Waals surface area contributed by atoms with Crippen LogP contribution in [0.3, 0.4) is 0 Å². The van der Waals surface area contributed by atoms with Gasteiger partial charge in [-0.05, 0) is 12.8 Å². The Balaban J connectivity index is 1.64. The zero-order chi connectivity index (χ0) is 11.9. The van der Waals surface area contributed by atoms with Crippen LogP contribution >= 0.6 is 0 Å². The highest BCUT2D eigenvalue weighted by Crippen LogP contribution is 2.10. The summed E-state index contributed by atoms with van der Waals surface area (Å²) in [5, 5.41) is 2.77. The van der Waals surface area contributed by atoms with Crippen LogP contribution in [0.15, 0.2) is 18.7 Å². The van der Waals surface area contributed by atoms with Crippen LogP contribution in [0.5, 0.6) is 5.75 Å². The molecule has 17 heavy (non-hydrogen) atoms. The molecule has 0 aliphatic carbocycles. The summed E-state index contributed by atoms with van der Waals surface area (Å²) in [6.07, 6.45) is 6.66. The summed E-state index contributed by atoms with van der Waals surface area (Å²) >= 11 is 0. The van der Waals surface area contributed by atoms with Crippen molar-refractivity contribution in [2.75, 3.05) is 19.8 Å². The Kier molecular flexibility index (Phi) is 4.26. The molecule has 1 aromatic rings. The van der Waals surface area contributed by atoms with E-state index in [1.807, 2.05) is 0 Å². The molecule has 1 aliphatic rings. The molecule has 92 valence electrons. The normalized spacial score (nSPS) is 18.9. The van der Waals surface area contributed by atoms with Crippen LogP contribution in [-0.4, -0.2) is 41.7 Å². The predicted octanol–water partition coefficient (Wildman–Crippen LogP) is 0.151. The predicted molar refractivity (Wildman–Crippen MR) is 59.5 cm³/mol. The fraction of sp³-hybridized carbons (Fsp3) is 0.545. The Bertz CT molecular complexity index is 352. The van der Waals surface area contributed by atoms with Gasteiger partial charge in [-0.1, -0.05) is 0 Å². The van der Waals surface area contributed by atoms with E-state index >= 15 is 0 Å². The lowest BCUT2D eigenvalue weighted by Gasteiger charge is -2.11. The van der Waals surface area contributed by atoms with Gasteiger partial charge in [-0.25, -0.2) is 9.97 Å². The summed E-state index contributed by atoms with van der Waals surface area (Å²) in [4.78, 5) is 19.0. The topological polar surface area (TPSA) is 73.3 Å². The quantitative estimate of drug-likeness (QED) is 0.789. The monoisotopic (exact) mass is 237 g/mol. The van der Waals surface area contributed by atoms with Gasteiger partial charge in [0.2, 0.25) is 0 Å². The smallest absolute Gasteiger partial charge is 0.258 e. The average Bonchev–Trinajstić information content (AvgIpc) is 2.88. The van der Waals surface area contributed by atoms with Crippen molar-refractivity contribution in [1.29, 1.82) is 0 Å². The van der Waals surface area contributed by atoms with Crippen molar-refractivity contribution in [2.45, 2.75) is 18.9 Å². The van der Waals surface area contributed by atoms with Crippen LogP contribution in [0, 0.1) is 0 Å². The van der Waals surface area contributed by atoms with E-state index in [2.05, 4.69) is 15.3 Å². The Labute approximate surface area is 99.4 Å². The van der Waals surface area contributed by atoms with E-state index < -0.39 is 0 Å². The maximum atomic E-state index is 11.4. The second-order valence-electron chi connectivity index (χ2n) is 3.80. The summed E-state index contributed by atoms with van der Waals surface area (Å²) in [6, 6.07) is 0. The molecule has 1 aliphatic heterocycles. The third kappa shape index (κ3) is 3.99. The molecule has 1 N–H and O–H groups in total. The van der Waals surface area contributed by atoms with E-state index in [0.29, 0.717) is 12.3 Å². The van der Waals surface area contributed by atoms with Crippen LogP contribution in [0.25, 0.3) is 0 Å². The van der Waals surface area contributed by atoms with Gasteiger partial charge in [-0.2, -0.15) is 0 Å². The van der Waals surface area contributed by atoms with Crippen molar-refractivity contribution in [3.05, 3.63) is 18.7 Å². The molecule has 1 unspecified atom stereocenters. The summed E-state index contributed by atoms with van der Waals surface area (Å²) in [5.74, 6) is 0.323. The van der Waals surface area contributed by atoms with Gasteiger partial charge in [-0.3, -0.25) is 4.79 Å². The standard InChI is InChI=1S/C11H15N3O3/c15-11(14-6-9-2-1-3-16-9)7-17-10-4-12-8-13-5-10/h4-5,8-9H,1-3,6-7H2,(H,14,15). The Morgan fingerprint density at radius 3 is 3.06 bits per heavy atom. The molecule has 1 saturated heterocycles. The van der Waals surface area contributed by atoms with E-state index in [1.54, 1.807) is 0 Å². The number of amides is 1.